The van der Waals surface area contributed by atoms with Gasteiger partial charge in [0.25, 0.3) is 5.91 Å². The van der Waals surface area contributed by atoms with Gasteiger partial charge in [-0.3, -0.25) is 9.78 Å². The number of thiazole rings is 1. The molecule has 0 saturated carbocycles. The molecule has 0 fully saturated rings. The molecule has 15 heavy (non-hydrogen) atoms. The lowest BCUT2D eigenvalue weighted by Gasteiger charge is -2.16. The largest absolute Gasteiger partial charge is 0.480 e. The molecule has 0 radical (unpaired) electrons. The SMILES string of the molecule is CC(C)[C@H](NC(=O)c1cncs1)C(=O)O. The lowest BCUT2D eigenvalue weighted by molar-refractivity contribution is -0.140. The Morgan fingerprint density at radius 1 is 1.53 bits per heavy atom. The maximum atomic E-state index is 11.5. The lowest BCUT2D eigenvalue weighted by Crippen LogP contribution is -2.44. The van der Waals surface area contributed by atoms with Crippen molar-refractivity contribution in [1.29, 1.82) is 0 Å². The molecule has 1 rings (SSSR count). The molecule has 0 aliphatic heterocycles. The Hall–Kier alpha value is -1.43. The van der Waals surface area contributed by atoms with Crippen LogP contribution in [-0.4, -0.2) is 28.0 Å². The van der Waals surface area contributed by atoms with Crippen LogP contribution in [0.2, 0.25) is 0 Å². The Labute approximate surface area is 91.1 Å². The van der Waals surface area contributed by atoms with Crippen LogP contribution >= 0.6 is 11.3 Å². The van der Waals surface area contributed by atoms with E-state index < -0.39 is 17.9 Å². The van der Waals surface area contributed by atoms with E-state index in [2.05, 4.69) is 10.3 Å². The summed E-state index contributed by atoms with van der Waals surface area (Å²) in [7, 11) is 0. The summed E-state index contributed by atoms with van der Waals surface area (Å²) in [4.78, 5) is 26.5. The molecule has 0 unspecified atom stereocenters. The van der Waals surface area contributed by atoms with Crippen molar-refractivity contribution in [3.8, 4) is 0 Å². The van der Waals surface area contributed by atoms with Crippen LogP contribution in [0.15, 0.2) is 11.7 Å². The number of aliphatic carboxylic acids is 1. The highest BCUT2D eigenvalue weighted by Crippen LogP contribution is 2.08. The fraction of sp³-hybridized carbons (Fsp3) is 0.444. The van der Waals surface area contributed by atoms with E-state index in [9.17, 15) is 9.59 Å². The van der Waals surface area contributed by atoms with E-state index in [4.69, 9.17) is 5.11 Å². The molecule has 0 aromatic carbocycles. The third-order valence-electron chi connectivity index (χ3n) is 1.88. The number of amides is 1. The van der Waals surface area contributed by atoms with Gasteiger partial charge in [0.1, 0.15) is 10.9 Å². The number of aromatic nitrogens is 1. The van der Waals surface area contributed by atoms with Crippen LogP contribution in [-0.2, 0) is 4.79 Å². The van der Waals surface area contributed by atoms with Gasteiger partial charge in [-0.25, -0.2) is 4.79 Å². The van der Waals surface area contributed by atoms with Crippen LogP contribution in [0.3, 0.4) is 0 Å². The normalized spacial score (nSPS) is 12.5. The van der Waals surface area contributed by atoms with Gasteiger partial charge < -0.3 is 10.4 Å². The number of carboxylic acids is 1. The van der Waals surface area contributed by atoms with Crippen molar-refractivity contribution in [3.63, 3.8) is 0 Å². The van der Waals surface area contributed by atoms with E-state index in [0.29, 0.717) is 4.88 Å². The second-order valence-corrected chi connectivity index (χ2v) is 4.29. The van der Waals surface area contributed by atoms with Gasteiger partial charge in [-0.1, -0.05) is 13.8 Å². The van der Waals surface area contributed by atoms with Crippen molar-refractivity contribution in [2.45, 2.75) is 19.9 Å². The minimum absolute atomic E-state index is 0.153. The minimum Gasteiger partial charge on any atom is -0.480 e. The molecule has 1 aromatic rings. The molecule has 1 amide bonds. The van der Waals surface area contributed by atoms with Crippen LogP contribution in [0, 0.1) is 5.92 Å². The third-order valence-corrected chi connectivity index (χ3v) is 2.65. The first kappa shape index (κ1) is 11.6. The summed E-state index contributed by atoms with van der Waals surface area (Å²) < 4.78 is 0. The number of carboxylic acid groups (broad SMARTS) is 1. The van der Waals surface area contributed by atoms with E-state index in [1.54, 1.807) is 13.8 Å². The molecule has 0 spiro atoms. The van der Waals surface area contributed by atoms with Crippen molar-refractivity contribution in [3.05, 3.63) is 16.6 Å². The van der Waals surface area contributed by atoms with Crippen molar-refractivity contribution in [2.24, 2.45) is 5.92 Å². The van der Waals surface area contributed by atoms with Gasteiger partial charge in [0.05, 0.1) is 11.7 Å². The summed E-state index contributed by atoms with van der Waals surface area (Å²) >= 11 is 1.18. The number of hydrogen-bond donors (Lipinski definition) is 2. The van der Waals surface area contributed by atoms with Crippen LogP contribution in [0.4, 0.5) is 0 Å². The first-order valence-electron chi connectivity index (χ1n) is 4.44. The Balaban J connectivity index is 2.67. The highest BCUT2D eigenvalue weighted by atomic mass is 32.1. The zero-order valence-electron chi connectivity index (χ0n) is 8.43. The average Bonchev–Trinajstić information content (AvgIpc) is 2.65. The minimum atomic E-state index is -1.03. The molecular weight excluding hydrogens is 216 g/mol. The first-order chi connectivity index (χ1) is 7.02. The van der Waals surface area contributed by atoms with E-state index >= 15 is 0 Å². The van der Waals surface area contributed by atoms with Crippen molar-refractivity contribution >= 4 is 23.2 Å². The Morgan fingerprint density at radius 3 is 2.60 bits per heavy atom. The van der Waals surface area contributed by atoms with Gasteiger partial charge in [0, 0.05) is 0 Å². The van der Waals surface area contributed by atoms with Gasteiger partial charge in [0.15, 0.2) is 0 Å². The van der Waals surface area contributed by atoms with Crippen molar-refractivity contribution in [1.82, 2.24) is 10.3 Å². The van der Waals surface area contributed by atoms with Crippen molar-refractivity contribution < 1.29 is 14.7 Å². The molecule has 0 saturated heterocycles. The van der Waals surface area contributed by atoms with Crippen LogP contribution < -0.4 is 5.32 Å². The molecule has 2 N–H and O–H groups in total. The zero-order chi connectivity index (χ0) is 11.4. The Morgan fingerprint density at radius 2 is 2.20 bits per heavy atom. The predicted octanol–water partition coefficient (Wildman–Crippen LogP) is 0.982. The summed E-state index contributed by atoms with van der Waals surface area (Å²) in [5.41, 5.74) is 1.53. The zero-order valence-corrected chi connectivity index (χ0v) is 9.25. The summed E-state index contributed by atoms with van der Waals surface area (Å²) in [6, 6.07) is -0.861. The number of carbonyl (C=O) groups excluding carboxylic acids is 1. The summed E-state index contributed by atoms with van der Waals surface area (Å²) in [6.45, 7) is 3.48. The molecule has 0 bridgehead atoms. The van der Waals surface area contributed by atoms with Crippen LogP contribution in [0.25, 0.3) is 0 Å². The number of carbonyl (C=O) groups is 2. The molecule has 6 heteroatoms. The monoisotopic (exact) mass is 228 g/mol. The predicted molar refractivity (Wildman–Crippen MR) is 55.8 cm³/mol. The maximum absolute atomic E-state index is 11.5. The smallest absolute Gasteiger partial charge is 0.326 e. The van der Waals surface area contributed by atoms with Gasteiger partial charge in [-0.15, -0.1) is 11.3 Å². The topological polar surface area (TPSA) is 79.3 Å². The Bertz CT molecular complexity index is 348. The summed E-state index contributed by atoms with van der Waals surface area (Å²) in [5, 5.41) is 11.3. The molecule has 1 heterocycles. The fourth-order valence-corrected chi connectivity index (χ4v) is 1.58. The van der Waals surface area contributed by atoms with Gasteiger partial charge in [-0.05, 0) is 5.92 Å². The third kappa shape index (κ3) is 3.02. The Kier molecular flexibility index (Phi) is 3.79. The molecule has 82 valence electrons. The van der Waals surface area contributed by atoms with E-state index in [1.165, 1.54) is 23.0 Å². The second kappa shape index (κ2) is 4.88. The molecule has 1 aromatic heterocycles. The van der Waals surface area contributed by atoms with Gasteiger partial charge in [-0.2, -0.15) is 0 Å². The summed E-state index contributed by atoms with van der Waals surface area (Å²) in [5.74, 6) is -1.57. The van der Waals surface area contributed by atoms with E-state index in [-0.39, 0.29) is 5.92 Å². The molecule has 5 nitrogen and oxygen atoms in total. The fourth-order valence-electron chi connectivity index (χ4n) is 1.05. The number of nitrogens with zero attached hydrogens (tertiary/aromatic N) is 1. The summed E-state index contributed by atoms with van der Waals surface area (Å²) in [6.07, 6.45) is 1.42. The quantitative estimate of drug-likeness (QED) is 0.805. The highest BCUT2D eigenvalue weighted by molar-refractivity contribution is 7.11. The molecular formula is C9H12N2O3S. The molecule has 1 atom stereocenters. The average molecular weight is 228 g/mol. The number of hydrogen-bond acceptors (Lipinski definition) is 4. The lowest BCUT2D eigenvalue weighted by atomic mass is 10.0. The molecule has 0 aliphatic carbocycles. The highest BCUT2D eigenvalue weighted by Gasteiger charge is 2.24. The molecule has 0 aliphatic rings. The van der Waals surface area contributed by atoms with Crippen molar-refractivity contribution in [2.75, 3.05) is 0 Å². The number of rotatable bonds is 4. The van der Waals surface area contributed by atoms with Crippen LogP contribution in [0.5, 0.6) is 0 Å². The maximum Gasteiger partial charge on any atom is 0.326 e. The standard InChI is InChI=1S/C9H12N2O3S/c1-5(2)7(9(13)14)11-8(12)6-3-10-4-15-6/h3-5,7H,1-2H3,(H,11,12)(H,13,14)/t7-/m0/s1. The number of nitrogens with one attached hydrogen (secondary N) is 1. The first-order valence-corrected chi connectivity index (χ1v) is 5.32. The van der Waals surface area contributed by atoms with Gasteiger partial charge in [0.2, 0.25) is 0 Å². The van der Waals surface area contributed by atoms with E-state index in [0.717, 1.165) is 0 Å². The van der Waals surface area contributed by atoms with E-state index in [1.807, 2.05) is 0 Å². The second-order valence-electron chi connectivity index (χ2n) is 3.40. The van der Waals surface area contributed by atoms with Gasteiger partial charge >= 0.3 is 5.97 Å². The van der Waals surface area contributed by atoms with Crippen LogP contribution in [0.1, 0.15) is 23.5 Å².